The van der Waals surface area contributed by atoms with Crippen LogP contribution in [0.5, 0.6) is 0 Å². The smallest absolute Gasteiger partial charge is 0.0259 e. The number of fused-ring (bicyclic) bond motifs is 1. The molecule has 0 aliphatic heterocycles. The number of benzene rings is 1. The zero-order chi connectivity index (χ0) is 13.6. The predicted molar refractivity (Wildman–Crippen MR) is 82.2 cm³/mol. The molecule has 1 heteroatoms. The van der Waals surface area contributed by atoms with Crippen molar-refractivity contribution in [1.29, 1.82) is 5.41 Å². The lowest BCUT2D eigenvalue weighted by atomic mass is 9.89. The van der Waals surface area contributed by atoms with Crippen LogP contribution in [0.4, 0.5) is 0 Å². The summed E-state index contributed by atoms with van der Waals surface area (Å²) >= 11 is 0. The van der Waals surface area contributed by atoms with Crippen LogP contribution in [0.2, 0.25) is 0 Å². The Kier molecular flexibility index (Phi) is 3.08. The van der Waals surface area contributed by atoms with Crippen LogP contribution in [-0.4, -0.2) is 6.21 Å². The van der Waals surface area contributed by atoms with Crippen LogP contribution in [-0.2, 0) is 6.42 Å². The van der Waals surface area contributed by atoms with Gasteiger partial charge in [0, 0.05) is 11.8 Å². The Morgan fingerprint density at radius 1 is 1.26 bits per heavy atom. The van der Waals surface area contributed by atoms with Crippen molar-refractivity contribution in [2.75, 3.05) is 0 Å². The van der Waals surface area contributed by atoms with Crippen molar-refractivity contribution in [3.63, 3.8) is 0 Å². The van der Waals surface area contributed by atoms with Crippen LogP contribution in [0.3, 0.4) is 0 Å². The van der Waals surface area contributed by atoms with E-state index in [1.807, 2.05) is 0 Å². The summed E-state index contributed by atoms with van der Waals surface area (Å²) < 4.78 is 0. The number of hydrogen-bond donors (Lipinski definition) is 1. The molecule has 0 saturated heterocycles. The van der Waals surface area contributed by atoms with Gasteiger partial charge >= 0.3 is 0 Å². The van der Waals surface area contributed by atoms with Crippen LogP contribution >= 0.6 is 0 Å². The van der Waals surface area contributed by atoms with Gasteiger partial charge < -0.3 is 5.41 Å². The standard InChI is InChI=1S/C18H23N/c1-11-4-5-15-8-13(3)16(17(10-19)18(11)15)9-12(2)14-6-7-14/h8-11,14,19H,4-7H2,1-3H3/b12-9+,19-10?/t11-/m0/s1. The zero-order valence-corrected chi connectivity index (χ0v) is 12.2. The van der Waals surface area contributed by atoms with Crippen molar-refractivity contribution >= 4 is 12.3 Å². The summed E-state index contributed by atoms with van der Waals surface area (Å²) in [6.45, 7) is 6.75. The van der Waals surface area contributed by atoms with Crippen LogP contribution in [0.15, 0.2) is 11.6 Å². The number of allylic oxidation sites excluding steroid dienone is 1. The molecule has 1 fully saturated rings. The first-order chi connectivity index (χ1) is 9.11. The normalized spacial score (nSPS) is 22.5. The van der Waals surface area contributed by atoms with E-state index in [0.717, 1.165) is 5.92 Å². The van der Waals surface area contributed by atoms with E-state index in [2.05, 4.69) is 32.9 Å². The second-order valence-electron chi connectivity index (χ2n) is 6.34. The summed E-state index contributed by atoms with van der Waals surface area (Å²) in [5.74, 6) is 1.42. The summed E-state index contributed by atoms with van der Waals surface area (Å²) in [5, 5.41) is 7.85. The zero-order valence-electron chi connectivity index (χ0n) is 12.2. The molecule has 19 heavy (non-hydrogen) atoms. The largest absolute Gasteiger partial charge is 0.308 e. The van der Waals surface area contributed by atoms with E-state index in [9.17, 15) is 0 Å². The van der Waals surface area contributed by atoms with E-state index < -0.39 is 0 Å². The lowest BCUT2D eigenvalue weighted by molar-refractivity contribution is 0.746. The molecule has 2 aliphatic carbocycles. The number of rotatable bonds is 3. The summed E-state index contributed by atoms with van der Waals surface area (Å²) in [7, 11) is 0. The molecular weight excluding hydrogens is 230 g/mol. The predicted octanol–water partition coefficient (Wildman–Crippen LogP) is 4.86. The van der Waals surface area contributed by atoms with Gasteiger partial charge in [0.15, 0.2) is 0 Å². The summed E-state index contributed by atoms with van der Waals surface area (Å²) in [6, 6.07) is 2.36. The van der Waals surface area contributed by atoms with Crippen LogP contribution in [0, 0.1) is 18.3 Å². The highest BCUT2D eigenvalue weighted by atomic mass is 14.4. The van der Waals surface area contributed by atoms with Gasteiger partial charge in [0.25, 0.3) is 0 Å². The highest BCUT2D eigenvalue weighted by Gasteiger charge is 2.26. The van der Waals surface area contributed by atoms with E-state index in [0.29, 0.717) is 5.92 Å². The molecule has 3 rings (SSSR count). The Bertz CT molecular complexity index is 562. The third kappa shape index (κ3) is 2.16. The van der Waals surface area contributed by atoms with Crippen LogP contribution < -0.4 is 0 Å². The van der Waals surface area contributed by atoms with Crippen molar-refractivity contribution in [2.24, 2.45) is 5.92 Å². The first-order valence-electron chi connectivity index (χ1n) is 7.47. The average Bonchev–Trinajstić information content (AvgIpc) is 3.17. The number of hydrogen-bond acceptors (Lipinski definition) is 1. The Morgan fingerprint density at radius 3 is 2.63 bits per heavy atom. The average molecular weight is 253 g/mol. The summed E-state index contributed by atoms with van der Waals surface area (Å²) in [5.41, 5.74) is 8.23. The maximum Gasteiger partial charge on any atom is 0.0259 e. The molecule has 1 nitrogen and oxygen atoms in total. The number of nitrogens with one attached hydrogen (secondary N) is 1. The minimum Gasteiger partial charge on any atom is -0.308 e. The van der Waals surface area contributed by atoms with Gasteiger partial charge in [-0.2, -0.15) is 0 Å². The molecule has 0 amide bonds. The molecule has 1 aromatic rings. The van der Waals surface area contributed by atoms with Gasteiger partial charge in [-0.05, 0) is 73.6 Å². The molecule has 0 radical (unpaired) electrons. The second kappa shape index (κ2) is 4.63. The van der Waals surface area contributed by atoms with Gasteiger partial charge in [-0.25, -0.2) is 0 Å². The minimum atomic E-state index is 0.612. The molecule has 0 bridgehead atoms. The van der Waals surface area contributed by atoms with E-state index >= 15 is 0 Å². The second-order valence-corrected chi connectivity index (χ2v) is 6.34. The van der Waals surface area contributed by atoms with E-state index in [4.69, 9.17) is 5.41 Å². The molecule has 1 saturated carbocycles. The van der Waals surface area contributed by atoms with Crippen LogP contribution in [0.1, 0.15) is 66.8 Å². The van der Waals surface area contributed by atoms with Gasteiger partial charge in [0.2, 0.25) is 0 Å². The van der Waals surface area contributed by atoms with Crippen molar-refractivity contribution in [2.45, 2.75) is 52.4 Å². The molecule has 1 aromatic carbocycles. The van der Waals surface area contributed by atoms with Gasteiger partial charge in [0.05, 0.1) is 0 Å². The van der Waals surface area contributed by atoms with E-state index in [1.54, 1.807) is 6.21 Å². The van der Waals surface area contributed by atoms with Crippen molar-refractivity contribution in [1.82, 2.24) is 0 Å². The molecule has 100 valence electrons. The Morgan fingerprint density at radius 2 is 2.00 bits per heavy atom. The fourth-order valence-electron chi connectivity index (χ4n) is 3.48. The molecular formula is C18H23N. The minimum absolute atomic E-state index is 0.612. The van der Waals surface area contributed by atoms with Gasteiger partial charge in [0.1, 0.15) is 0 Å². The first-order valence-corrected chi connectivity index (χ1v) is 7.47. The number of aryl methyl sites for hydroxylation is 2. The van der Waals surface area contributed by atoms with E-state index in [-0.39, 0.29) is 0 Å². The molecule has 0 spiro atoms. The first kappa shape index (κ1) is 12.7. The summed E-state index contributed by atoms with van der Waals surface area (Å²) in [4.78, 5) is 0. The third-order valence-corrected chi connectivity index (χ3v) is 4.82. The molecule has 1 atom stereocenters. The highest BCUT2D eigenvalue weighted by Crippen LogP contribution is 2.40. The maximum absolute atomic E-state index is 7.85. The van der Waals surface area contributed by atoms with Gasteiger partial charge in [-0.1, -0.05) is 24.6 Å². The molecule has 2 aliphatic rings. The lowest BCUT2D eigenvalue weighted by Gasteiger charge is -2.15. The monoisotopic (exact) mass is 253 g/mol. The fourth-order valence-corrected chi connectivity index (χ4v) is 3.48. The van der Waals surface area contributed by atoms with Gasteiger partial charge in [-0.15, -0.1) is 0 Å². The van der Waals surface area contributed by atoms with Crippen molar-refractivity contribution in [3.05, 3.63) is 39.5 Å². The summed E-state index contributed by atoms with van der Waals surface area (Å²) in [6.07, 6.45) is 9.05. The highest BCUT2D eigenvalue weighted by molar-refractivity contribution is 5.88. The lowest BCUT2D eigenvalue weighted by Crippen LogP contribution is -2.01. The SMILES string of the molecule is C/C(=C\c1c(C)cc2c(c1C=N)[C@@H](C)CC2)C1CC1. The van der Waals surface area contributed by atoms with Crippen LogP contribution in [0.25, 0.3) is 6.08 Å². The Balaban J connectivity index is 2.15. The quantitative estimate of drug-likeness (QED) is 0.744. The maximum atomic E-state index is 7.85. The van der Waals surface area contributed by atoms with Gasteiger partial charge in [-0.3, -0.25) is 0 Å². The fraction of sp³-hybridized carbons (Fsp3) is 0.500. The van der Waals surface area contributed by atoms with Crippen molar-refractivity contribution in [3.8, 4) is 0 Å². The molecule has 0 aromatic heterocycles. The van der Waals surface area contributed by atoms with E-state index in [1.165, 1.54) is 59.1 Å². The third-order valence-electron chi connectivity index (χ3n) is 4.82. The molecule has 0 heterocycles. The molecule has 1 N–H and O–H groups in total. The Hall–Kier alpha value is -1.37. The topological polar surface area (TPSA) is 23.9 Å². The molecule has 0 unspecified atom stereocenters. The Labute approximate surface area is 116 Å². The van der Waals surface area contributed by atoms with Crippen molar-refractivity contribution < 1.29 is 0 Å².